The number of nitrogens with zero attached hydrogens (tertiary/aromatic N) is 1. The van der Waals surface area contributed by atoms with Crippen LogP contribution in [0.5, 0.6) is 0 Å². The number of aliphatic imine (C=N–C) groups is 1. The van der Waals surface area contributed by atoms with E-state index in [1.807, 2.05) is 30.3 Å². The summed E-state index contributed by atoms with van der Waals surface area (Å²) in [7, 11) is 0. The molecule has 1 aromatic rings. The fourth-order valence-corrected chi connectivity index (χ4v) is 2.86. The van der Waals surface area contributed by atoms with Crippen LogP contribution in [0, 0.1) is 0 Å². The summed E-state index contributed by atoms with van der Waals surface area (Å²) in [4.78, 5) is 16.7. The molecule has 1 aliphatic heterocycles. The maximum atomic E-state index is 12.1. The fourth-order valence-electron chi connectivity index (χ4n) is 2.86. The van der Waals surface area contributed by atoms with Crippen molar-refractivity contribution in [1.82, 2.24) is 5.32 Å². The Labute approximate surface area is 107 Å². The minimum absolute atomic E-state index is 0.153. The van der Waals surface area contributed by atoms with Crippen molar-refractivity contribution in [3.63, 3.8) is 0 Å². The molecule has 3 rings (SSSR count). The van der Waals surface area contributed by atoms with Crippen LogP contribution in [0.15, 0.2) is 35.3 Å². The van der Waals surface area contributed by atoms with Gasteiger partial charge >= 0.3 is 0 Å². The molecule has 3 heteroatoms. The predicted octanol–water partition coefficient (Wildman–Crippen LogP) is 2.57. The van der Waals surface area contributed by atoms with Crippen molar-refractivity contribution in [1.29, 1.82) is 0 Å². The number of hydrogen-bond donors (Lipinski definition) is 1. The van der Waals surface area contributed by atoms with Gasteiger partial charge in [0.1, 0.15) is 5.84 Å². The molecule has 0 radical (unpaired) electrons. The van der Waals surface area contributed by atoms with Gasteiger partial charge < -0.3 is 5.32 Å². The van der Waals surface area contributed by atoms with Gasteiger partial charge in [-0.15, -0.1) is 0 Å². The smallest absolute Gasteiger partial charge is 0.170 e. The lowest BCUT2D eigenvalue weighted by Crippen LogP contribution is -2.37. The van der Waals surface area contributed by atoms with Gasteiger partial charge in [-0.1, -0.05) is 43.2 Å². The van der Waals surface area contributed by atoms with E-state index in [9.17, 15) is 4.79 Å². The van der Waals surface area contributed by atoms with E-state index in [1.165, 1.54) is 25.7 Å². The monoisotopic (exact) mass is 242 g/mol. The zero-order valence-electron chi connectivity index (χ0n) is 10.4. The summed E-state index contributed by atoms with van der Waals surface area (Å²) in [6.45, 7) is 0. The number of hydrogen-bond acceptors (Lipinski definition) is 3. The van der Waals surface area contributed by atoms with E-state index in [1.54, 1.807) is 0 Å². The van der Waals surface area contributed by atoms with Crippen LogP contribution in [0.25, 0.3) is 0 Å². The standard InChI is InChI=1S/C15H18N2O/c18-14(11-6-2-1-3-7-11)10-15-16-12-8-4-5-9-13(12)17-15/h1-3,6-7,12-13H,4-5,8-10H2,(H,16,17)/t12-,13+. The summed E-state index contributed by atoms with van der Waals surface area (Å²) in [5.74, 6) is 1.04. The van der Waals surface area contributed by atoms with Gasteiger partial charge in [0.15, 0.2) is 5.78 Å². The molecule has 0 unspecified atom stereocenters. The van der Waals surface area contributed by atoms with Crippen molar-refractivity contribution in [3.8, 4) is 0 Å². The number of amidine groups is 1. The molecule has 0 amide bonds. The maximum absolute atomic E-state index is 12.1. The van der Waals surface area contributed by atoms with Gasteiger partial charge in [0.05, 0.1) is 12.5 Å². The van der Waals surface area contributed by atoms with Crippen molar-refractivity contribution in [2.45, 2.75) is 44.2 Å². The number of Topliss-reactive ketones (excluding diaryl/α,β-unsaturated/α-hetero) is 1. The third-order valence-corrected chi connectivity index (χ3v) is 3.83. The van der Waals surface area contributed by atoms with Crippen LogP contribution in [0.3, 0.4) is 0 Å². The molecular weight excluding hydrogens is 224 g/mol. The molecule has 0 aromatic heterocycles. The predicted molar refractivity (Wildman–Crippen MR) is 72.0 cm³/mol. The van der Waals surface area contributed by atoms with Crippen LogP contribution in [0.1, 0.15) is 42.5 Å². The molecule has 18 heavy (non-hydrogen) atoms. The molecule has 2 aliphatic rings. The third-order valence-electron chi connectivity index (χ3n) is 3.83. The average molecular weight is 242 g/mol. The highest BCUT2D eigenvalue weighted by molar-refractivity contribution is 6.09. The molecule has 2 atom stereocenters. The second kappa shape index (κ2) is 4.92. The van der Waals surface area contributed by atoms with Gasteiger partial charge in [-0.05, 0) is 12.8 Å². The first kappa shape index (κ1) is 11.5. The minimum atomic E-state index is 0.153. The highest BCUT2D eigenvalue weighted by Gasteiger charge is 2.31. The van der Waals surface area contributed by atoms with Gasteiger partial charge in [-0.25, -0.2) is 0 Å². The topological polar surface area (TPSA) is 41.5 Å². The van der Waals surface area contributed by atoms with Crippen LogP contribution in [0.4, 0.5) is 0 Å². The Kier molecular flexibility index (Phi) is 3.13. The summed E-state index contributed by atoms with van der Waals surface area (Å²) >= 11 is 0. The molecule has 0 saturated heterocycles. The highest BCUT2D eigenvalue weighted by Crippen LogP contribution is 2.25. The van der Waals surface area contributed by atoms with E-state index in [0.29, 0.717) is 18.5 Å². The number of rotatable bonds is 3. The summed E-state index contributed by atoms with van der Waals surface area (Å²) in [6.07, 6.45) is 5.32. The normalized spacial score (nSPS) is 26.1. The molecule has 3 nitrogen and oxygen atoms in total. The zero-order chi connectivity index (χ0) is 12.4. The Balaban J connectivity index is 1.65. The molecule has 1 fully saturated rings. The number of ketones is 1. The van der Waals surface area contributed by atoms with Crippen molar-refractivity contribution in [2.24, 2.45) is 4.99 Å². The Bertz CT molecular complexity index is 467. The lowest BCUT2D eigenvalue weighted by atomic mass is 9.92. The van der Waals surface area contributed by atoms with Gasteiger partial charge in [0.25, 0.3) is 0 Å². The van der Waals surface area contributed by atoms with Gasteiger partial charge in [0.2, 0.25) is 0 Å². The molecule has 1 aliphatic carbocycles. The van der Waals surface area contributed by atoms with E-state index in [2.05, 4.69) is 10.3 Å². The summed E-state index contributed by atoms with van der Waals surface area (Å²) in [5, 5.41) is 3.42. The number of carbonyl (C=O) groups excluding carboxylic acids is 1. The van der Waals surface area contributed by atoms with E-state index in [0.717, 1.165) is 11.4 Å². The molecule has 1 N–H and O–H groups in total. The van der Waals surface area contributed by atoms with Crippen molar-refractivity contribution in [3.05, 3.63) is 35.9 Å². The van der Waals surface area contributed by atoms with Crippen LogP contribution in [0.2, 0.25) is 0 Å². The van der Waals surface area contributed by atoms with Crippen molar-refractivity contribution in [2.75, 3.05) is 0 Å². The Hall–Kier alpha value is -1.64. The van der Waals surface area contributed by atoms with Gasteiger partial charge in [-0.2, -0.15) is 0 Å². The third kappa shape index (κ3) is 2.30. The molecule has 1 aromatic carbocycles. The molecule has 0 spiro atoms. The van der Waals surface area contributed by atoms with E-state index >= 15 is 0 Å². The van der Waals surface area contributed by atoms with Crippen LogP contribution in [-0.2, 0) is 0 Å². The van der Waals surface area contributed by atoms with Crippen LogP contribution < -0.4 is 5.32 Å². The first-order valence-electron chi connectivity index (χ1n) is 6.74. The number of nitrogens with one attached hydrogen (secondary N) is 1. The van der Waals surface area contributed by atoms with Gasteiger partial charge in [-0.3, -0.25) is 9.79 Å². The summed E-state index contributed by atoms with van der Waals surface area (Å²) in [5.41, 5.74) is 0.775. The van der Waals surface area contributed by atoms with E-state index < -0.39 is 0 Å². The van der Waals surface area contributed by atoms with E-state index in [-0.39, 0.29) is 5.78 Å². The SMILES string of the molecule is O=C(CC1=N[C@@H]2CCCC[C@@H]2N1)c1ccccc1. The maximum Gasteiger partial charge on any atom is 0.170 e. The van der Waals surface area contributed by atoms with Crippen molar-refractivity contribution < 1.29 is 4.79 Å². The summed E-state index contributed by atoms with van der Waals surface area (Å²) < 4.78 is 0. The van der Waals surface area contributed by atoms with Gasteiger partial charge in [0, 0.05) is 11.6 Å². The van der Waals surface area contributed by atoms with Crippen molar-refractivity contribution >= 4 is 11.6 Å². The minimum Gasteiger partial charge on any atom is -0.369 e. The second-order valence-corrected chi connectivity index (χ2v) is 5.14. The molecule has 0 bridgehead atoms. The lowest BCUT2D eigenvalue weighted by molar-refractivity contribution is 0.1000. The van der Waals surface area contributed by atoms with E-state index in [4.69, 9.17) is 0 Å². The molecule has 1 heterocycles. The largest absolute Gasteiger partial charge is 0.369 e. The van der Waals surface area contributed by atoms with Crippen LogP contribution in [-0.4, -0.2) is 23.7 Å². The fraction of sp³-hybridized carbons (Fsp3) is 0.467. The average Bonchev–Trinajstić information content (AvgIpc) is 2.82. The Morgan fingerprint density at radius 1 is 1.22 bits per heavy atom. The van der Waals surface area contributed by atoms with Crippen LogP contribution >= 0.6 is 0 Å². The number of fused-ring (bicyclic) bond motifs is 1. The first-order chi connectivity index (χ1) is 8.83. The molecular formula is C15H18N2O. The second-order valence-electron chi connectivity index (χ2n) is 5.14. The lowest BCUT2D eigenvalue weighted by Gasteiger charge is -2.23. The number of carbonyl (C=O) groups is 1. The Morgan fingerprint density at radius 3 is 2.78 bits per heavy atom. The molecule has 1 saturated carbocycles. The summed E-state index contributed by atoms with van der Waals surface area (Å²) in [6, 6.07) is 10.4. The highest BCUT2D eigenvalue weighted by atomic mass is 16.1. The Morgan fingerprint density at radius 2 is 2.00 bits per heavy atom. The first-order valence-corrected chi connectivity index (χ1v) is 6.74. The quantitative estimate of drug-likeness (QED) is 0.828. The number of benzene rings is 1. The molecule has 94 valence electrons. The zero-order valence-corrected chi connectivity index (χ0v) is 10.4.